The van der Waals surface area contributed by atoms with Crippen molar-refractivity contribution in [3.63, 3.8) is 0 Å². The first-order valence-corrected chi connectivity index (χ1v) is 12.9. The van der Waals surface area contributed by atoms with E-state index < -0.39 is 10.0 Å². The van der Waals surface area contributed by atoms with E-state index in [-0.39, 0.29) is 16.3 Å². The molecule has 172 valence electrons. The third kappa shape index (κ3) is 5.51. The molecular weight excluding hydrogens is 446 g/mol. The van der Waals surface area contributed by atoms with Crippen LogP contribution in [-0.2, 0) is 20.4 Å². The van der Waals surface area contributed by atoms with Gasteiger partial charge in [0.2, 0.25) is 5.91 Å². The standard InChI is InChI=1S/C24H30ClN3O3S/c1-3-24(4-2,18-13-15-19(25)16-14-18)27-22(29)12-6-5-9-17-26-23-20-10-7-8-11-21(20)32(30,31)28-23/h7-8,10-11,13-16H,3-6,9,12,17H2,1-2H3,(H,26,28)(H,27,29). The third-order valence-electron chi connectivity index (χ3n) is 5.98. The maximum Gasteiger partial charge on any atom is 0.263 e. The summed E-state index contributed by atoms with van der Waals surface area (Å²) in [5.74, 6) is 0.435. The van der Waals surface area contributed by atoms with E-state index >= 15 is 0 Å². The van der Waals surface area contributed by atoms with Crippen molar-refractivity contribution in [1.82, 2.24) is 10.0 Å². The van der Waals surface area contributed by atoms with Gasteiger partial charge in [-0.25, -0.2) is 8.42 Å². The SMILES string of the molecule is CCC(CC)(NC(=O)CCCCCN=C1NS(=O)(=O)c2ccccc21)c1ccc(Cl)cc1. The van der Waals surface area contributed by atoms with Gasteiger partial charge in [-0.3, -0.25) is 14.5 Å². The number of amides is 1. The average molecular weight is 476 g/mol. The molecule has 0 aliphatic carbocycles. The number of carbonyl (C=O) groups excluding carboxylic acids is 1. The molecule has 0 spiro atoms. The lowest BCUT2D eigenvalue weighted by atomic mass is 9.84. The molecule has 1 aliphatic rings. The zero-order chi connectivity index (χ0) is 23.2. The van der Waals surface area contributed by atoms with Crippen LogP contribution < -0.4 is 10.0 Å². The third-order valence-corrected chi connectivity index (χ3v) is 7.63. The Bertz CT molecular complexity index is 1080. The summed E-state index contributed by atoms with van der Waals surface area (Å²) < 4.78 is 26.7. The highest BCUT2D eigenvalue weighted by Crippen LogP contribution is 2.30. The number of nitrogens with one attached hydrogen (secondary N) is 2. The number of amidine groups is 1. The number of nitrogens with zero attached hydrogens (tertiary/aromatic N) is 1. The summed E-state index contributed by atoms with van der Waals surface area (Å²) in [4.78, 5) is 17.3. The number of carbonyl (C=O) groups is 1. The fourth-order valence-electron chi connectivity index (χ4n) is 4.02. The molecule has 0 unspecified atom stereocenters. The van der Waals surface area contributed by atoms with Gasteiger partial charge in [0, 0.05) is 23.6 Å². The van der Waals surface area contributed by atoms with Crippen LogP contribution in [0, 0.1) is 0 Å². The highest BCUT2D eigenvalue weighted by Gasteiger charge is 2.31. The second-order valence-electron chi connectivity index (χ2n) is 7.99. The minimum Gasteiger partial charge on any atom is -0.347 e. The molecule has 0 atom stereocenters. The van der Waals surface area contributed by atoms with Crippen molar-refractivity contribution in [2.75, 3.05) is 6.54 Å². The summed E-state index contributed by atoms with van der Waals surface area (Å²) in [6, 6.07) is 14.5. The number of rotatable bonds is 10. The van der Waals surface area contributed by atoms with Gasteiger partial charge in [0.05, 0.1) is 10.4 Å². The lowest BCUT2D eigenvalue weighted by Crippen LogP contribution is -2.45. The zero-order valence-electron chi connectivity index (χ0n) is 18.5. The van der Waals surface area contributed by atoms with Gasteiger partial charge in [-0.05, 0) is 55.5 Å². The lowest BCUT2D eigenvalue weighted by Gasteiger charge is -2.33. The van der Waals surface area contributed by atoms with Gasteiger partial charge in [-0.2, -0.15) is 0 Å². The number of hydrogen-bond acceptors (Lipinski definition) is 4. The molecule has 0 aromatic heterocycles. The maximum atomic E-state index is 12.6. The first kappa shape index (κ1) is 24.3. The van der Waals surface area contributed by atoms with Crippen LogP contribution in [0.3, 0.4) is 0 Å². The van der Waals surface area contributed by atoms with E-state index in [0.717, 1.165) is 37.7 Å². The fourth-order valence-corrected chi connectivity index (χ4v) is 5.40. The Morgan fingerprint density at radius 3 is 2.41 bits per heavy atom. The van der Waals surface area contributed by atoms with Crippen molar-refractivity contribution < 1.29 is 13.2 Å². The normalized spacial score (nSPS) is 15.9. The molecule has 0 saturated heterocycles. The fraction of sp³-hybridized carbons (Fsp3) is 0.417. The minimum atomic E-state index is -3.50. The Balaban J connectivity index is 1.47. The molecule has 2 N–H and O–H groups in total. The molecule has 2 aromatic rings. The minimum absolute atomic E-state index is 0.0347. The molecule has 0 fully saturated rings. The molecule has 3 rings (SSSR count). The number of halogens is 1. The van der Waals surface area contributed by atoms with E-state index in [4.69, 9.17) is 11.6 Å². The van der Waals surface area contributed by atoms with E-state index in [2.05, 4.69) is 28.9 Å². The van der Waals surface area contributed by atoms with Gasteiger partial charge in [0.15, 0.2) is 0 Å². The van der Waals surface area contributed by atoms with Crippen molar-refractivity contribution in [3.05, 3.63) is 64.7 Å². The van der Waals surface area contributed by atoms with Gasteiger partial charge in [0.25, 0.3) is 10.0 Å². The molecule has 1 heterocycles. The Hall–Kier alpha value is -2.38. The van der Waals surface area contributed by atoms with E-state index in [1.54, 1.807) is 24.3 Å². The van der Waals surface area contributed by atoms with Crippen LogP contribution in [0.25, 0.3) is 0 Å². The van der Waals surface area contributed by atoms with Crippen LogP contribution in [0.15, 0.2) is 58.4 Å². The lowest BCUT2D eigenvalue weighted by molar-refractivity contribution is -0.123. The number of sulfonamides is 1. The Morgan fingerprint density at radius 1 is 1.03 bits per heavy atom. The van der Waals surface area contributed by atoms with E-state index in [1.165, 1.54) is 0 Å². The highest BCUT2D eigenvalue weighted by atomic mass is 35.5. The molecule has 2 aromatic carbocycles. The predicted molar refractivity (Wildman–Crippen MR) is 128 cm³/mol. The smallest absolute Gasteiger partial charge is 0.263 e. The Labute approximate surface area is 195 Å². The van der Waals surface area contributed by atoms with E-state index in [9.17, 15) is 13.2 Å². The summed E-state index contributed by atoms with van der Waals surface area (Å²) in [6.07, 6.45) is 4.41. The van der Waals surface area contributed by atoms with Crippen molar-refractivity contribution in [3.8, 4) is 0 Å². The highest BCUT2D eigenvalue weighted by molar-refractivity contribution is 7.90. The molecule has 0 radical (unpaired) electrons. The number of fused-ring (bicyclic) bond motifs is 1. The van der Waals surface area contributed by atoms with Gasteiger partial charge in [0.1, 0.15) is 5.84 Å². The number of aliphatic imine (C=N–C) groups is 1. The summed E-state index contributed by atoms with van der Waals surface area (Å²) in [7, 11) is -3.50. The van der Waals surface area contributed by atoms with E-state index in [1.807, 2.05) is 24.3 Å². The zero-order valence-corrected chi connectivity index (χ0v) is 20.1. The second kappa shape index (κ2) is 10.5. The summed E-state index contributed by atoms with van der Waals surface area (Å²) in [6.45, 7) is 4.66. The molecule has 0 bridgehead atoms. The van der Waals surface area contributed by atoms with Crippen molar-refractivity contribution in [1.29, 1.82) is 0 Å². The van der Waals surface area contributed by atoms with Crippen LogP contribution >= 0.6 is 11.6 Å². The van der Waals surface area contributed by atoms with Crippen molar-refractivity contribution in [2.45, 2.75) is 62.8 Å². The number of unbranched alkanes of at least 4 members (excludes halogenated alkanes) is 2. The molecule has 1 aliphatic heterocycles. The van der Waals surface area contributed by atoms with Crippen molar-refractivity contribution >= 4 is 33.4 Å². The van der Waals surface area contributed by atoms with Crippen LogP contribution in [-0.4, -0.2) is 26.7 Å². The van der Waals surface area contributed by atoms with Crippen molar-refractivity contribution in [2.24, 2.45) is 4.99 Å². The summed E-state index contributed by atoms with van der Waals surface area (Å²) in [5, 5.41) is 3.91. The molecular formula is C24H30ClN3O3S. The van der Waals surface area contributed by atoms with Gasteiger partial charge in [-0.15, -0.1) is 0 Å². The van der Waals surface area contributed by atoms with Gasteiger partial charge >= 0.3 is 0 Å². The average Bonchev–Trinajstić information content (AvgIpc) is 3.05. The maximum absolute atomic E-state index is 12.6. The Morgan fingerprint density at radius 2 is 1.72 bits per heavy atom. The second-order valence-corrected chi connectivity index (χ2v) is 10.1. The molecule has 6 nitrogen and oxygen atoms in total. The summed E-state index contributed by atoms with van der Waals surface area (Å²) >= 11 is 6.01. The Kier molecular flexibility index (Phi) is 7.96. The molecule has 1 amide bonds. The first-order chi connectivity index (χ1) is 15.3. The van der Waals surface area contributed by atoms with Crippen LogP contribution in [0.1, 0.15) is 63.5 Å². The number of benzene rings is 2. The van der Waals surface area contributed by atoms with E-state index in [0.29, 0.717) is 29.4 Å². The number of hydrogen-bond donors (Lipinski definition) is 2. The first-order valence-electron chi connectivity index (χ1n) is 11.0. The van der Waals surface area contributed by atoms with Gasteiger partial charge in [-0.1, -0.05) is 56.1 Å². The topological polar surface area (TPSA) is 87.6 Å². The quantitative estimate of drug-likeness (QED) is 0.485. The molecule has 32 heavy (non-hydrogen) atoms. The largest absolute Gasteiger partial charge is 0.347 e. The molecule has 0 saturated carbocycles. The van der Waals surface area contributed by atoms with Crippen LogP contribution in [0.5, 0.6) is 0 Å². The van der Waals surface area contributed by atoms with Crippen LogP contribution in [0.4, 0.5) is 0 Å². The predicted octanol–water partition coefficient (Wildman–Crippen LogP) is 4.77. The molecule has 8 heteroatoms. The van der Waals surface area contributed by atoms with Gasteiger partial charge < -0.3 is 5.32 Å². The summed E-state index contributed by atoms with van der Waals surface area (Å²) in [5.41, 5.74) is 1.29. The monoisotopic (exact) mass is 475 g/mol. The van der Waals surface area contributed by atoms with Crippen LogP contribution in [0.2, 0.25) is 5.02 Å².